The molecule has 0 radical (unpaired) electrons. The first-order chi connectivity index (χ1) is 9.52. The number of hydrogen-bond donors (Lipinski definition) is 2. The largest absolute Gasteiger partial charge is 0.453 e. The van der Waals surface area contributed by atoms with Crippen LogP contribution in [0.25, 0.3) is 0 Å². The molecule has 0 aromatic heterocycles. The molecule has 3 N–H and O–H groups in total. The van der Waals surface area contributed by atoms with Gasteiger partial charge in [0, 0.05) is 11.1 Å². The first kappa shape index (κ1) is 14.4. The van der Waals surface area contributed by atoms with Crippen LogP contribution >= 0.6 is 23.2 Å². The second kappa shape index (κ2) is 5.98. The van der Waals surface area contributed by atoms with E-state index in [0.717, 1.165) is 0 Å². The molecule has 0 saturated carbocycles. The topological polar surface area (TPSA) is 67.8 Å². The lowest BCUT2D eigenvalue weighted by molar-refractivity contribution is 0.318. The van der Waals surface area contributed by atoms with Crippen molar-refractivity contribution in [2.45, 2.75) is 0 Å². The fourth-order valence-corrected chi connectivity index (χ4v) is 1.86. The van der Waals surface area contributed by atoms with E-state index in [1.54, 1.807) is 0 Å². The predicted octanol–water partition coefficient (Wildman–Crippen LogP) is 4.02. The minimum Gasteiger partial charge on any atom is -0.453 e. The van der Waals surface area contributed by atoms with E-state index in [1.807, 2.05) is 0 Å². The predicted molar refractivity (Wildman–Crippen MR) is 75.4 cm³/mol. The van der Waals surface area contributed by atoms with E-state index in [2.05, 4.69) is 5.16 Å². The molecule has 2 rings (SSSR count). The van der Waals surface area contributed by atoms with Gasteiger partial charge in [0.2, 0.25) is 0 Å². The normalized spacial score (nSPS) is 11.4. The third-order valence-corrected chi connectivity index (χ3v) is 2.99. The fraction of sp³-hybridized carbons (Fsp3) is 0. The first-order valence-electron chi connectivity index (χ1n) is 5.42. The highest BCUT2D eigenvalue weighted by Gasteiger charge is 2.14. The molecule has 104 valence electrons. The van der Waals surface area contributed by atoms with Crippen molar-refractivity contribution in [2.24, 2.45) is 10.9 Å². The molecule has 20 heavy (non-hydrogen) atoms. The summed E-state index contributed by atoms with van der Waals surface area (Å²) in [4.78, 5) is 0. The van der Waals surface area contributed by atoms with E-state index < -0.39 is 5.82 Å². The Kier molecular flexibility index (Phi) is 4.32. The van der Waals surface area contributed by atoms with Crippen LogP contribution in [0.5, 0.6) is 11.5 Å². The van der Waals surface area contributed by atoms with Crippen molar-refractivity contribution in [3.8, 4) is 11.5 Å². The number of ether oxygens (including phenoxy) is 1. The zero-order valence-corrected chi connectivity index (χ0v) is 11.5. The van der Waals surface area contributed by atoms with Gasteiger partial charge in [-0.15, -0.1) is 0 Å². The summed E-state index contributed by atoms with van der Waals surface area (Å²) in [5.41, 5.74) is 5.80. The van der Waals surface area contributed by atoms with Gasteiger partial charge < -0.3 is 15.7 Å². The Morgan fingerprint density at radius 3 is 2.65 bits per heavy atom. The van der Waals surface area contributed by atoms with Crippen molar-refractivity contribution in [3.63, 3.8) is 0 Å². The summed E-state index contributed by atoms with van der Waals surface area (Å²) >= 11 is 11.5. The van der Waals surface area contributed by atoms with Crippen LogP contribution in [0, 0.1) is 5.82 Å². The number of oxime groups is 1. The number of nitrogens with zero attached hydrogens (tertiary/aromatic N) is 1. The second-order valence-corrected chi connectivity index (χ2v) is 4.62. The molecule has 0 heterocycles. The summed E-state index contributed by atoms with van der Waals surface area (Å²) in [6.07, 6.45) is 0. The third kappa shape index (κ3) is 2.95. The maximum absolute atomic E-state index is 13.8. The Labute approximate surface area is 124 Å². The molecular formula is C13H9Cl2FN2O2. The molecule has 0 spiro atoms. The standard InChI is InChI=1S/C13H9Cl2FN2O2/c14-7-4-5-8(13(17)18-19)11(6-7)20-10-3-1-2-9(15)12(10)16/h1-6,19H,(H2,17,18). The molecule has 0 bridgehead atoms. The van der Waals surface area contributed by atoms with E-state index in [0.29, 0.717) is 5.02 Å². The number of amidine groups is 1. The SMILES string of the molecule is N/C(=N/O)c1ccc(Cl)cc1Oc1cccc(Cl)c1F. The highest BCUT2D eigenvalue weighted by atomic mass is 35.5. The van der Waals surface area contributed by atoms with E-state index in [-0.39, 0.29) is 27.9 Å². The Morgan fingerprint density at radius 1 is 1.20 bits per heavy atom. The van der Waals surface area contributed by atoms with Crippen molar-refractivity contribution in [2.75, 3.05) is 0 Å². The van der Waals surface area contributed by atoms with Gasteiger partial charge in [-0.3, -0.25) is 0 Å². The fourth-order valence-electron chi connectivity index (χ4n) is 1.53. The highest BCUT2D eigenvalue weighted by Crippen LogP contribution is 2.32. The average Bonchev–Trinajstić information content (AvgIpc) is 2.43. The number of halogens is 3. The monoisotopic (exact) mass is 314 g/mol. The molecule has 0 saturated heterocycles. The summed E-state index contributed by atoms with van der Waals surface area (Å²) in [7, 11) is 0. The highest BCUT2D eigenvalue weighted by molar-refractivity contribution is 6.31. The number of hydrogen-bond acceptors (Lipinski definition) is 3. The number of nitrogens with two attached hydrogens (primary N) is 1. The van der Waals surface area contributed by atoms with Gasteiger partial charge in [-0.2, -0.15) is 0 Å². The van der Waals surface area contributed by atoms with Crippen LogP contribution in [0.2, 0.25) is 10.0 Å². The minimum atomic E-state index is -0.709. The lowest BCUT2D eigenvalue weighted by Crippen LogP contribution is -2.14. The quantitative estimate of drug-likeness (QED) is 0.389. The Hall–Kier alpha value is -1.98. The van der Waals surface area contributed by atoms with Crippen LogP contribution in [0.15, 0.2) is 41.6 Å². The van der Waals surface area contributed by atoms with Gasteiger partial charge in [0.05, 0.1) is 10.6 Å². The van der Waals surface area contributed by atoms with Gasteiger partial charge in [-0.1, -0.05) is 34.4 Å². The van der Waals surface area contributed by atoms with Gasteiger partial charge in [-0.25, -0.2) is 4.39 Å². The van der Waals surface area contributed by atoms with Gasteiger partial charge in [0.15, 0.2) is 17.4 Å². The molecule has 0 aliphatic rings. The summed E-state index contributed by atoms with van der Waals surface area (Å²) in [5, 5.41) is 11.9. The summed E-state index contributed by atoms with van der Waals surface area (Å²) < 4.78 is 19.2. The molecule has 4 nitrogen and oxygen atoms in total. The lowest BCUT2D eigenvalue weighted by atomic mass is 10.2. The molecule has 0 unspecified atom stereocenters. The molecule has 0 amide bonds. The lowest BCUT2D eigenvalue weighted by Gasteiger charge is -2.11. The molecule has 2 aromatic rings. The van der Waals surface area contributed by atoms with Crippen molar-refractivity contribution in [3.05, 3.63) is 57.8 Å². The Bertz CT molecular complexity index is 677. The summed E-state index contributed by atoms with van der Waals surface area (Å²) in [6, 6.07) is 8.79. The van der Waals surface area contributed by atoms with Crippen LogP contribution in [-0.4, -0.2) is 11.0 Å². The zero-order chi connectivity index (χ0) is 14.7. The third-order valence-electron chi connectivity index (χ3n) is 2.46. The summed E-state index contributed by atoms with van der Waals surface area (Å²) in [6.45, 7) is 0. The molecule has 7 heteroatoms. The van der Waals surface area contributed by atoms with Gasteiger partial charge in [0.25, 0.3) is 0 Å². The molecule has 0 fully saturated rings. The van der Waals surface area contributed by atoms with E-state index in [9.17, 15) is 4.39 Å². The molecule has 0 atom stereocenters. The van der Waals surface area contributed by atoms with Gasteiger partial charge >= 0.3 is 0 Å². The van der Waals surface area contributed by atoms with Crippen LogP contribution in [0.4, 0.5) is 4.39 Å². The van der Waals surface area contributed by atoms with Crippen LogP contribution in [0.1, 0.15) is 5.56 Å². The van der Waals surface area contributed by atoms with E-state index in [1.165, 1.54) is 36.4 Å². The molecule has 0 aliphatic carbocycles. The summed E-state index contributed by atoms with van der Waals surface area (Å²) in [5.74, 6) is -0.834. The molecular weight excluding hydrogens is 306 g/mol. The maximum Gasteiger partial charge on any atom is 0.184 e. The van der Waals surface area contributed by atoms with Gasteiger partial charge in [-0.05, 0) is 24.3 Å². The number of rotatable bonds is 3. The van der Waals surface area contributed by atoms with E-state index >= 15 is 0 Å². The van der Waals surface area contributed by atoms with Crippen molar-refractivity contribution in [1.82, 2.24) is 0 Å². The van der Waals surface area contributed by atoms with Crippen LogP contribution < -0.4 is 10.5 Å². The second-order valence-electron chi connectivity index (χ2n) is 3.78. The average molecular weight is 315 g/mol. The first-order valence-corrected chi connectivity index (χ1v) is 6.18. The Balaban J connectivity index is 2.47. The van der Waals surface area contributed by atoms with Crippen LogP contribution in [0.3, 0.4) is 0 Å². The molecule has 2 aromatic carbocycles. The molecule has 0 aliphatic heterocycles. The van der Waals surface area contributed by atoms with Crippen molar-refractivity contribution >= 4 is 29.0 Å². The van der Waals surface area contributed by atoms with Gasteiger partial charge in [0.1, 0.15) is 5.75 Å². The zero-order valence-electron chi connectivity index (χ0n) is 9.98. The van der Waals surface area contributed by atoms with Crippen LogP contribution in [-0.2, 0) is 0 Å². The minimum absolute atomic E-state index is 0.0742. The maximum atomic E-state index is 13.8. The van der Waals surface area contributed by atoms with Crippen molar-refractivity contribution < 1.29 is 14.3 Å². The number of benzene rings is 2. The van der Waals surface area contributed by atoms with Crippen molar-refractivity contribution in [1.29, 1.82) is 0 Å². The van der Waals surface area contributed by atoms with E-state index in [4.69, 9.17) is 38.9 Å². The Morgan fingerprint density at radius 2 is 1.95 bits per heavy atom. The smallest absolute Gasteiger partial charge is 0.184 e.